The molecule has 30 heavy (non-hydrogen) atoms. The van der Waals surface area contributed by atoms with E-state index >= 15 is 0 Å². The van der Waals surface area contributed by atoms with Crippen molar-refractivity contribution < 1.29 is 9.18 Å². The number of imidazole rings is 1. The SMILES string of the molecule is Cn1cc(-c2ccc(NC(=O)NCC3c4ccccc4-c4cncn43)cc2F)cn1. The van der Waals surface area contributed by atoms with Crippen LogP contribution in [0, 0.1) is 5.82 Å². The summed E-state index contributed by atoms with van der Waals surface area (Å²) in [6, 6.07) is 12.3. The molecule has 0 aliphatic carbocycles. The van der Waals surface area contributed by atoms with Gasteiger partial charge in [-0.15, -0.1) is 0 Å². The Morgan fingerprint density at radius 3 is 2.83 bits per heavy atom. The molecule has 2 amide bonds. The van der Waals surface area contributed by atoms with Crippen LogP contribution in [0.3, 0.4) is 0 Å². The molecule has 0 fully saturated rings. The number of aryl methyl sites for hydroxylation is 1. The zero-order valence-electron chi connectivity index (χ0n) is 16.2. The van der Waals surface area contributed by atoms with Crippen molar-refractivity contribution in [2.45, 2.75) is 6.04 Å². The standard InChI is InChI=1S/C22H19FN6O/c1-28-12-14(9-26-28)16-7-6-15(8-19(16)23)27-22(30)25-11-21-18-5-3-2-4-17(18)20-10-24-13-29(20)21/h2-10,12-13,21H,11H2,1H3,(H2,25,27,30). The molecule has 1 unspecified atom stereocenters. The normalized spacial score (nSPS) is 14.3. The van der Waals surface area contributed by atoms with Crippen LogP contribution >= 0.6 is 0 Å². The Balaban J connectivity index is 1.27. The molecule has 1 aliphatic heterocycles. The summed E-state index contributed by atoms with van der Waals surface area (Å²) in [7, 11) is 1.77. The van der Waals surface area contributed by atoms with Crippen LogP contribution in [0.25, 0.3) is 22.4 Å². The van der Waals surface area contributed by atoms with Crippen LogP contribution in [0.15, 0.2) is 67.4 Å². The third-order valence-electron chi connectivity index (χ3n) is 5.30. The molecule has 2 N–H and O–H groups in total. The lowest BCUT2D eigenvalue weighted by molar-refractivity contribution is 0.251. The molecule has 1 aliphatic rings. The van der Waals surface area contributed by atoms with E-state index in [2.05, 4.69) is 32.8 Å². The number of nitrogens with one attached hydrogen (secondary N) is 2. The number of anilines is 1. The zero-order chi connectivity index (χ0) is 20.7. The van der Waals surface area contributed by atoms with Crippen molar-refractivity contribution in [3.8, 4) is 22.4 Å². The third-order valence-corrected chi connectivity index (χ3v) is 5.30. The fraction of sp³-hybridized carbons (Fsp3) is 0.136. The first kappa shape index (κ1) is 18.1. The summed E-state index contributed by atoms with van der Waals surface area (Å²) >= 11 is 0. The number of rotatable bonds is 4. The highest BCUT2D eigenvalue weighted by Gasteiger charge is 2.28. The van der Waals surface area contributed by atoms with Gasteiger partial charge in [-0.2, -0.15) is 5.10 Å². The van der Waals surface area contributed by atoms with Crippen molar-refractivity contribution in [3.63, 3.8) is 0 Å². The Labute approximate surface area is 172 Å². The molecule has 2 aromatic carbocycles. The van der Waals surface area contributed by atoms with Crippen molar-refractivity contribution in [2.24, 2.45) is 7.05 Å². The van der Waals surface area contributed by atoms with Crippen LogP contribution in [0.1, 0.15) is 11.6 Å². The lowest BCUT2D eigenvalue weighted by Crippen LogP contribution is -2.33. The molecule has 150 valence electrons. The van der Waals surface area contributed by atoms with E-state index in [1.807, 2.05) is 22.9 Å². The molecule has 0 spiro atoms. The van der Waals surface area contributed by atoms with Crippen molar-refractivity contribution in [1.29, 1.82) is 0 Å². The summed E-state index contributed by atoms with van der Waals surface area (Å²) in [4.78, 5) is 16.6. The van der Waals surface area contributed by atoms with Gasteiger partial charge in [-0.3, -0.25) is 4.68 Å². The second-order valence-electron chi connectivity index (χ2n) is 7.22. The molecule has 1 atom stereocenters. The van der Waals surface area contributed by atoms with E-state index < -0.39 is 11.8 Å². The van der Waals surface area contributed by atoms with Crippen LogP contribution in [0.5, 0.6) is 0 Å². The maximum Gasteiger partial charge on any atom is 0.319 e. The molecule has 0 saturated heterocycles. The second-order valence-corrected chi connectivity index (χ2v) is 7.22. The smallest absolute Gasteiger partial charge is 0.319 e. The van der Waals surface area contributed by atoms with E-state index in [0.717, 1.165) is 16.8 Å². The summed E-state index contributed by atoms with van der Waals surface area (Å²) < 4.78 is 18.2. The molecule has 4 aromatic rings. The maximum absolute atomic E-state index is 14.5. The Kier molecular flexibility index (Phi) is 4.31. The number of carbonyl (C=O) groups is 1. The molecule has 3 heterocycles. The Morgan fingerprint density at radius 2 is 2.03 bits per heavy atom. The van der Waals surface area contributed by atoms with Gasteiger partial charge >= 0.3 is 6.03 Å². The third kappa shape index (κ3) is 3.12. The number of benzene rings is 2. The van der Waals surface area contributed by atoms with E-state index in [0.29, 0.717) is 23.4 Å². The van der Waals surface area contributed by atoms with Gasteiger partial charge in [0.15, 0.2) is 0 Å². The van der Waals surface area contributed by atoms with Crippen molar-refractivity contribution in [1.82, 2.24) is 24.6 Å². The predicted octanol–water partition coefficient (Wildman–Crippen LogP) is 3.81. The molecule has 0 saturated carbocycles. The van der Waals surface area contributed by atoms with Crippen LogP contribution in [0.2, 0.25) is 0 Å². The summed E-state index contributed by atoms with van der Waals surface area (Å²) in [6.07, 6.45) is 6.93. The number of hydrogen-bond acceptors (Lipinski definition) is 3. The average molecular weight is 402 g/mol. The number of urea groups is 1. The minimum absolute atomic E-state index is 0.0332. The minimum Gasteiger partial charge on any atom is -0.335 e. The van der Waals surface area contributed by atoms with E-state index in [9.17, 15) is 9.18 Å². The Hall–Kier alpha value is -3.94. The summed E-state index contributed by atoms with van der Waals surface area (Å²) in [5.41, 5.74) is 4.79. The van der Waals surface area contributed by atoms with Crippen LogP contribution < -0.4 is 10.6 Å². The first-order valence-corrected chi connectivity index (χ1v) is 9.55. The fourth-order valence-electron chi connectivity index (χ4n) is 3.89. The van der Waals surface area contributed by atoms with Gasteiger partial charge in [-0.1, -0.05) is 24.3 Å². The van der Waals surface area contributed by atoms with E-state index in [-0.39, 0.29) is 6.04 Å². The van der Waals surface area contributed by atoms with Crippen molar-refractivity contribution in [3.05, 3.63) is 78.8 Å². The first-order valence-electron chi connectivity index (χ1n) is 9.55. The average Bonchev–Trinajstić information content (AvgIpc) is 3.43. The van der Waals surface area contributed by atoms with Gasteiger partial charge < -0.3 is 15.2 Å². The number of nitrogens with zero attached hydrogens (tertiary/aromatic N) is 4. The summed E-state index contributed by atoms with van der Waals surface area (Å²) in [5.74, 6) is -0.423. The molecule has 0 bridgehead atoms. The van der Waals surface area contributed by atoms with Gasteiger partial charge in [0, 0.05) is 42.2 Å². The minimum atomic E-state index is -0.423. The topological polar surface area (TPSA) is 76.8 Å². The van der Waals surface area contributed by atoms with Crippen LogP contribution in [-0.4, -0.2) is 31.9 Å². The number of aromatic nitrogens is 4. The molecule has 5 rings (SSSR count). The van der Waals surface area contributed by atoms with Gasteiger partial charge in [0.05, 0.1) is 30.5 Å². The highest BCUT2D eigenvalue weighted by molar-refractivity contribution is 5.89. The van der Waals surface area contributed by atoms with Crippen molar-refractivity contribution >= 4 is 11.7 Å². The number of hydrogen-bond donors (Lipinski definition) is 2. The fourth-order valence-corrected chi connectivity index (χ4v) is 3.89. The highest BCUT2D eigenvalue weighted by Crippen LogP contribution is 2.38. The maximum atomic E-state index is 14.5. The van der Waals surface area contributed by atoms with Gasteiger partial charge in [0.1, 0.15) is 5.82 Å². The van der Waals surface area contributed by atoms with E-state index in [4.69, 9.17) is 0 Å². The lowest BCUT2D eigenvalue weighted by Gasteiger charge is -2.16. The summed E-state index contributed by atoms with van der Waals surface area (Å²) in [5, 5.41) is 9.63. The van der Waals surface area contributed by atoms with Gasteiger partial charge in [-0.05, 0) is 23.8 Å². The Bertz CT molecular complexity index is 1240. The molecule has 2 aromatic heterocycles. The molecular weight excluding hydrogens is 383 g/mol. The van der Waals surface area contributed by atoms with Gasteiger partial charge in [0.25, 0.3) is 0 Å². The van der Waals surface area contributed by atoms with Crippen LogP contribution in [0.4, 0.5) is 14.9 Å². The van der Waals surface area contributed by atoms with Crippen LogP contribution in [-0.2, 0) is 7.05 Å². The largest absolute Gasteiger partial charge is 0.335 e. The lowest BCUT2D eigenvalue weighted by atomic mass is 10.0. The number of fused-ring (bicyclic) bond motifs is 3. The quantitative estimate of drug-likeness (QED) is 0.545. The number of halogens is 1. The zero-order valence-corrected chi connectivity index (χ0v) is 16.2. The molecule has 8 heteroatoms. The Morgan fingerprint density at radius 1 is 1.17 bits per heavy atom. The molecular formula is C22H19FN6O. The monoisotopic (exact) mass is 402 g/mol. The highest BCUT2D eigenvalue weighted by atomic mass is 19.1. The number of carbonyl (C=O) groups excluding carboxylic acids is 1. The number of amides is 2. The molecule has 7 nitrogen and oxygen atoms in total. The van der Waals surface area contributed by atoms with E-state index in [1.54, 1.807) is 42.6 Å². The van der Waals surface area contributed by atoms with Gasteiger partial charge in [-0.25, -0.2) is 14.2 Å². The van der Waals surface area contributed by atoms with Gasteiger partial charge in [0.2, 0.25) is 0 Å². The van der Waals surface area contributed by atoms with Crippen molar-refractivity contribution in [2.75, 3.05) is 11.9 Å². The predicted molar refractivity (Wildman–Crippen MR) is 111 cm³/mol. The summed E-state index contributed by atoms with van der Waals surface area (Å²) in [6.45, 7) is 0.391. The first-order chi connectivity index (χ1) is 14.6. The molecule has 0 radical (unpaired) electrons. The van der Waals surface area contributed by atoms with E-state index in [1.165, 1.54) is 6.07 Å². The second kappa shape index (κ2) is 7.14.